The number of fused-ring (bicyclic) bond motifs is 3. The number of amides is 1. The molecule has 0 atom stereocenters. The molecule has 1 aromatic heterocycles. The lowest BCUT2D eigenvalue weighted by Gasteiger charge is -2.34. The SMILES string of the molecule is CC(C)N1CCC(Oc2ccc3c(c2)cc2n3CCN(Cc3cccc(C(F)(F)F)c3)C2=O)CC1. The van der Waals surface area contributed by atoms with Crippen molar-refractivity contribution < 1.29 is 22.7 Å². The molecular formula is C27H30F3N3O2. The number of nitrogens with zero attached hydrogens (tertiary/aromatic N) is 3. The van der Waals surface area contributed by atoms with Crippen LogP contribution >= 0.6 is 0 Å². The van der Waals surface area contributed by atoms with Gasteiger partial charge in [-0.2, -0.15) is 13.2 Å². The van der Waals surface area contributed by atoms with Gasteiger partial charge in [0.1, 0.15) is 17.5 Å². The fourth-order valence-corrected chi connectivity index (χ4v) is 5.14. The second kappa shape index (κ2) is 9.22. The summed E-state index contributed by atoms with van der Waals surface area (Å²) < 4.78 is 47.5. The third-order valence-corrected chi connectivity index (χ3v) is 7.11. The van der Waals surface area contributed by atoms with Crippen molar-refractivity contribution in [3.8, 4) is 5.75 Å². The van der Waals surface area contributed by atoms with Crippen LogP contribution in [0.4, 0.5) is 13.2 Å². The summed E-state index contributed by atoms with van der Waals surface area (Å²) in [5.41, 5.74) is 1.29. The summed E-state index contributed by atoms with van der Waals surface area (Å²) in [6.45, 7) is 7.67. The van der Waals surface area contributed by atoms with E-state index in [1.54, 1.807) is 11.0 Å². The highest BCUT2D eigenvalue weighted by molar-refractivity contribution is 5.99. The first-order valence-corrected chi connectivity index (χ1v) is 12.2. The number of ether oxygens (including phenoxy) is 1. The first-order chi connectivity index (χ1) is 16.7. The van der Waals surface area contributed by atoms with E-state index in [4.69, 9.17) is 4.74 Å². The van der Waals surface area contributed by atoms with Crippen molar-refractivity contribution in [1.82, 2.24) is 14.4 Å². The summed E-state index contributed by atoms with van der Waals surface area (Å²) >= 11 is 0. The fourth-order valence-electron chi connectivity index (χ4n) is 5.14. The first kappa shape index (κ1) is 23.7. The average Bonchev–Trinajstić information content (AvgIpc) is 3.19. The Hall–Kier alpha value is -3.00. The number of piperidine rings is 1. The van der Waals surface area contributed by atoms with Crippen LogP contribution in [0.5, 0.6) is 5.75 Å². The van der Waals surface area contributed by atoms with Crippen LogP contribution in [-0.4, -0.2) is 52.1 Å². The van der Waals surface area contributed by atoms with Crippen LogP contribution in [0.15, 0.2) is 48.5 Å². The highest BCUT2D eigenvalue weighted by Gasteiger charge is 2.31. The molecule has 0 spiro atoms. The molecule has 0 bridgehead atoms. The third kappa shape index (κ3) is 4.89. The van der Waals surface area contributed by atoms with Gasteiger partial charge in [0.05, 0.1) is 5.56 Å². The molecule has 5 nitrogen and oxygen atoms in total. The number of benzene rings is 2. The molecule has 0 unspecified atom stereocenters. The fraction of sp³-hybridized carbons (Fsp3) is 0.444. The highest BCUT2D eigenvalue weighted by atomic mass is 19.4. The summed E-state index contributed by atoms with van der Waals surface area (Å²) in [5.74, 6) is 0.630. The number of likely N-dealkylation sites (tertiary alicyclic amines) is 1. The van der Waals surface area contributed by atoms with Crippen molar-refractivity contribution in [3.05, 3.63) is 65.4 Å². The second-order valence-electron chi connectivity index (χ2n) is 9.77. The maximum Gasteiger partial charge on any atom is 0.416 e. The largest absolute Gasteiger partial charge is 0.490 e. The summed E-state index contributed by atoms with van der Waals surface area (Å²) in [6.07, 6.45) is -2.24. The van der Waals surface area contributed by atoms with Crippen molar-refractivity contribution in [2.45, 2.75) is 58.1 Å². The zero-order valence-electron chi connectivity index (χ0n) is 20.0. The Kier molecular flexibility index (Phi) is 6.25. The van der Waals surface area contributed by atoms with Gasteiger partial charge in [0.2, 0.25) is 0 Å². The number of aromatic nitrogens is 1. The lowest BCUT2D eigenvalue weighted by molar-refractivity contribution is -0.137. The Bertz CT molecular complexity index is 1230. The Morgan fingerprint density at radius 3 is 2.49 bits per heavy atom. The van der Waals surface area contributed by atoms with Gasteiger partial charge in [-0.3, -0.25) is 4.79 Å². The monoisotopic (exact) mass is 485 g/mol. The minimum absolute atomic E-state index is 0.147. The summed E-state index contributed by atoms with van der Waals surface area (Å²) in [5, 5.41) is 0.936. The quantitative estimate of drug-likeness (QED) is 0.474. The molecule has 0 aliphatic carbocycles. The zero-order chi connectivity index (χ0) is 24.7. The number of carbonyl (C=O) groups excluding carboxylic acids is 1. The van der Waals surface area contributed by atoms with Crippen LogP contribution in [0.2, 0.25) is 0 Å². The summed E-state index contributed by atoms with van der Waals surface area (Å²) in [4.78, 5) is 17.3. The molecule has 0 radical (unpaired) electrons. The van der Waals surface area contributed by atoms with E-state index >= 15 is 0 Å². The molecule has 0 N–H and O–H groups in total. The maximum atomic E-state index is 13.2. The van der Waals surface area contributed by atoms with Crippen LogP contribution in [0.25, 0.3) is 10.9 Å². The number of alkyl halides is 3. The van der Waals surface area contributed by atoms with Gasteiger partial charge in [-0.1, -0.05) is 12.1 Å². The van der Waals surface area contributed by atoms with E-state index in [0.717, 1.165) is 54.7 Å². The molecule has 8 heteroatoms. The zero-order valence-corrected chi connectivity index (χ0v) is 20.0. The molecule has 1 fully saturated rings. The van der Waals surface area contributed by atoms with Gasteiger partial charge in [-0.05, 0) is 68.7 Å². The van der Waals surface area contributed by atoms with Crippen LogP contribution in [-0.2, 0) is 19.3 Å². The molecule has 5 rings (SSSR count). The van der Waals surface area contributed by atoms with E-state index in [2.05, 4.69) is 18.7 Å². The second-order valence-corrected chi connectivity index (χ2v) is 9.77. The highest BCUT2D eigenvalue weighted by Crippen LogP contribution is 2.32. The topological polar surface area (TPSA) is 37.7 Å². The van der Waals surface area contributed by atoms with Gasteiger partial charge in [0, 0.05) is 49.7 Å². The van der Waals surface area contributed by atoms with Gasteiger partial charge in [0.25, 0.3) is 5.91 Å². The van der Waals surface area contributed by atoms with Crippen molar-refractivity contribution in [2.75, 3.05) is 19.6 Å². The molecule has 2 aromatic carbocycles. The lowest BCUT2D eigenvalue weighted by atomic mass is 10.1. The predicted octanol–water partition coefficient (Wildman–Crippen LogP) is 5.57. The molecule has 186 valence electrons. The number of hydrogen-bond acceptors (Lipinski definition) is 3. The van der Waals surface area contributed by atoms with E-state index < -0.39 is 11.7 Å². The molecular weight excluding hydrogens is 455 g/mol. The smallest absolute Gasteiger partial charge is 0.416 e. The normalized spacial score (nSPS) is 17.9. The number of halogens is 3. The van der Waals surface area contributed by atoms with Gasteiger partial charge in [-0.15, -0.1) is 0 Å². The minimum atomic E-state index is -4.40. The Morgan fingerprint density at radius 2 is 1.77 bits per heavy atom. The maximum absolute atomic E-state index is 13.2. The van der Waals surface area contributed by atoms with Crippen LogP contribution in [0, 0.1) is 0 Å². The lowest BCUT2D eigenvalue weighted by Crippen LogP contribution is -2.41. The van der Waals surface area contributed by atoms with Gasteiger partial charge >= 0.3 is 6.18 Å². The number of rotatable bonds is 5. The van der Waals surface area contributed by atoms with E-state index in [9.17, 15) is 18.0 Å². The molecule has 35 heavy (non-hydrogen) atoms. The standard InChI is InChI=1S/C27H30F3N3O2/c1-18(2)31-10-8-22(9-11-31)35-23-6-7-24-20(15-23)16-25-26(34)32(12-13-33(24)25)17-19-4-3-5-21(14-19)27(28,29)30/h3-7,14-16,18,22H,8-13,17H2,1-2H3. The van der Waals surface area contributed by atoms with Gasteiger partial charge in [0.15, 0.2) is 0 Å². The van der Waals surface area contributed by atoms with Gasteiger partial charge in [-0.25, -0.2) is 0 Å². The molecule has 3 aromatic rings. The molecule has 2 aliphatic heterocycles. The summed E-state index contributed by atoms with van der Waals surface area (Å²) in [7, 11) is 0. The Balaban J connectivity index is 1.30. The van der Waals surface area contributed by atoms with E-state index in [-0.39, 0.29) is 18.6 Å². The van der Waals surface area contributed by atoms with E-state index in [1.807, 2.05) is 28.8 Å². The van der Waals surface area contributed by atoms with Crippen molar-refractivity contribution in [3.63, 3.8) is 0 Å². The molecule has 0 saturated carbocycles. The van der Waals surface area contributed by atoms with Crippen LogP contribution < -0.4 is 4.74 Å². The van der Waals surface area contributed by atoms with Crippen molar-refractivity contribution in [1.29, 1.82) is 0 Å². The molecule has 1 amide bonds. The third-order valence-electron chi connectivity index (χ3n) is 7.11. The Labute approximate surface area is 203 Å². The minimum Gasteiger partial charge on any atom is -0.490 e. The molecule has 3 heterocycles. The van der Waals surface area contributed by atoms with E-state index in [1.165, 1.54) is 6.07 Å². The molecule has 2 aliphatic rings. The predicted molar refractivity (Wildman–Crippen MR) is 128 cm³/mol. The molecule has 1 saturated heterocycles. The van der Waals surface area contributed by atoms with Crippen molar-refractivity contribution in [2.24, 2.45) is 0 Å². The van der Waals surface area contributed by atoms with Crippen molar-refractivity contribution >= 4 is 16.8 Å². The number of carbonyl (C=O) groups is 1. The summed E-state index contributed by atoms with van der Waals surface area (Å²) in [6, 6.07) is 13.5. The Morgan fingerprint density at radius 1 is 1.00 bits per heavy atom. The first-order valence-electron chi connectivity index (χ1n) is 12.2. The van der Waals surface area contributed by atoms with E-state index in [0.29, 0.717) is 30.4 Å². The number of hydrogen-bond donors (Lipinski definition) is 0. The van der Waals surface area contributed by atoms with Crippen LogP contribution in [0.1, 0.15) is 48.3 Å². The van der Waals surface area contributed by atoms with Gasteiger partial charge < -0.3 is 19.1 Å². The average molecular weight is 486 g/mol. The van der Waals surface area contributed by atoms with Crippen LogP contribution in [0.3, 0.4) is 0 Å².